The molecule has 3 aliphatic rings. The second kappa shape index (κ2) is 11.3. The summed E-state index contributed by atoms with van der Waals surface area (Å²) in [5.41, 5.74) is 1.98. The van der Waals surface area contributed by atoms with Gasteiger partial charge >= 0.3 is 6.18 Å². The van der Waals surface area contributed by atoms with Gasteiger partial charge in [-0.1, -0.05) is 24.6 Å². The fourth-order valence-electron chi connectivity index (χ4n) is 5.31. The third kappa shape index (κ3) is 6.46. The van der Waals surface area contributed by atoms with Crippen LogP contribution in [0.3, 0.4) is 0 Å². The minimum absolute atomic E-state index is 0.0496. The molecule has 5 rings (SSSR count). The third-order valence-electron chi connectivity index (χ3n) is 7.79. The van der Waals surface area contributed by atoms with Gasteiger partial charge in [0.25, 0.3) is 0 Å². The Morgan fingerprint density at radius 1 is 1.11 bits per heavy atom. The van der Waals surface area contributed by atoms with Crippen molar-refractivity contribution in [3.8, 4) is 5.75 Å². The number of methoxy groups -OCH3 is 1. The average molecular weight is 543 g/mol. The maximum Gasteiger partial charge on any atom is 0.416 e. The van der Waals surface area contributed by atoms with Crippen LogP contribution < -0.4 is 9.46 Å². The summed E-state index contributed by atoms with van der Waals surface area (Å²) in [4.78, 5) is 2.36. The maximum atomic E-state index is 14.2. The molecular weight excluding hydrogens is 508 g/mol. The summed E-state index contributed by atoms with van der Waals surface area (Å²) in [5, 5.41) is -0.0949. The number of hydrogen-bond donors (Lipinski definition) is 1. The van der Waals surface area contributed by atoms with E-state index in [1.165, 1.54) is 38.8 Å². The third-order valence-corrected chi connectivity index (χ3v) is 9.71. The summed E-state index contributed by atoms with van der Waals surface area (Å²) in [6.45, 7) is 3.00. The summed E-state index contributed by atoms with van der Waals surface area (Å²) < 4.78 is 82.7. The number of nitrogens with one attached hydrogen (secondary N) is 1. The summed E-state index contributed by atoms with van der Waals surface area (Å²) >= 11 is 0. The molecule has 2 atom stereocenters. The molecule has 0 spiro atoms. The van der Waals surface area contributed by atoms with Gasteiger partial charge in [-0.25, -0.2) is 17.5 Å². The number of ether oxygens (including phenoxy) is 1. The SMILES string of the molecule is CNS(=O)(=O)C1CCC1.COc1cc2c(cc1F)CC(CN1CCC1)C2Cc1cccc(C(F)(F)F)c1. The van der Waals surface area contributed by atoms with Crippen molar-refractivity contribution in [3.05, 3.63) is 64.5 Å². The quantitative estimate of drug-likeness (QED) is 0.492. The number of rotatable bonds is 7. The molecule has 2 aromatic carbocycles. The lowest BCUT2D eigenvalue weighted by atomic mass is 9.85. The molecule has 37 heavy (non-hydrogen) atoms. The highest BCUT2D eigenvalue weighted by Crippen LogP contribution is 2.43. The van der Waals surface area contributed by atoms with Crippen LogP contribution >= 0.6 is 0 Å². The molecule has 0 radical (unpaired) electrons. The normalized spacial score (nSPS) is 21.9. The smallest absolute Gasteiger partial charge is 0.416 e. The monoisotopic (exact) mass is 542 g/mol. The number of sulfonamides is 1. The molecular formula is C27H34F4N2O3S. The zero-order valence-electron chi connectivity index (χ0n) is 21.2. The van der Waals surface area contributed by atoms with E-state index in [0.29, 0.717) is 12.0 Å². The van der Waals surface area contributed by atoms with Crippen molar-refractivity contribution in [2.24, 2.45) is 5.92 Å². The average Bonchev–Trinajstić information content (AvgIpc) is 3.10. The molecule has 5 nitrogen and oxygen atoms in total. The van der Waals surface area contributed by atoms with Gasteiger partial charge in [0.1, 0.15) is 0 Å². The lowest BCUT2D eigenvalue weighted by Crippen LogP contribution is -2.41. The lowest BCUT2D eigenvalue weighted by molar-refractivity contribution is -0.137. The highest BCUT2D eigenvalue weighted by atomic mass is 32.2. The first-order valence-corrected chi connectivity index (χ1v) is 14.2. The van der Waals surface area contributed by atoms with Crippen LogP contribution in [0.4, 0.5) is 17.6 Å². The van der Waals surface area contributed by atoms with Crippen LogP contribution in [0.2, 0.25) is 0 Å². The van der Waals surface area contributed by atoms with Gasteiger partial charge in [-0.15, -0.1) is 0 Å². The minimum Gasteiger partial charge on any atom is -0.494 e. The van der Waals surface area contributed by atoms with Crippen LogP contribution in [-0.2, 0) is 29.0 Å². The Morgan fingerprint density at radius 2 is 1.84 bits per heavy atom. The minimum atomic E-state index is -4.35. The Labute approximate surface area is 216 Å². The number of alkyl halides is 3. The zero-order chi connectivity index (χ0) is 26.8. The number of halogens is 4. The van der Waals surface area contributed by atoms with Crippen LogP contribution in [0.1, 0.15) is 53.9 Å². The van der Waals surface area contributed by atoms with Crippen LogP contribution in [0.5, 0.6) is 5.75 Å². The van der Waals surface area contributed by atoms with E-state index in [-0.39, 0.29) is 28.7 Å². The second-order valence-electron chi connectivity index (χ2n) is 10.1. The van der Waals surface area contributed by atoms with E-state index < -0.39 is 21.8 Å². The van der Waals surface area contributed by atoms with E-state index >= 15 is 0 Å². The number of nitrogens with zero attached hydrogens (tertiary/aromatic N) is 1. The van der Waals surface area contributed by atoms with Gasteiger partial charge in [0, 0.05) is 6.54 Å². The molecule has 2 unspecified atom stereocenters. The van der Waals surface area contributed by atoms with Crippen molar-refractivity contribution >= 4 is 10.0 Å². The summed E-state index contributed by atoms with van der Waals surface area (Å²) in [7, 11) is -0.0159. The van der Waals surface area contributed by atoms with E-state index in [4.69, 9.17) is 4.74 Å². The van der Waals surface area contributed by atoms with Crippen LogP contribution in [0, 0.1) is 11.7 Å². The molecule has 0 amide bonds. The van der Waals surface area contributed by atoms with Crippen molar-refractivity contribution in [2.45, 2.75) is 55.9 Å². The number of likely N-dealkylation sites (tertiary alicyclic amines) is 1. The molecule has 204 valence electrons. The van der Waals surface area contributed by atoms with E-state index in [9.17, 15) is 26.0 Å². The molecule has 1 heterocycles. The molecule has 10 heteroatoms. The first-order chi connectivity index (χ1) is 17.5. The van der Waals surface area contributed by atoms with E-state index in [1.807, 2.05) is 0 Å². The van der Waals surface area contributed by atoms with Gasteiger partial charge in [-0.2, -0.15) is 13.2 Å². The largest absolute Gasteiger partial charge is 0.494 e. The molecule has 2 fully saturated rings. The zero-order valence-corrected chi connectivity index (χ0v) is 22.0. The van der Waals surface area contributed by atoms with E-state index in [2.05, 4.69) is 9.62 Å². The van der Waals surface area contributed by atoms with E-state index in [0.717, 1.165) is 62.5 Å². The molecule has 0 aromatic heterocycles. The second-order valence-corrected chi connectivity index (χ2v) is 12.3. The molecule has 0 bridgehead atoms. The van der Waals surface area contributed by atoms with E-state index in [1.54, 1.807) is 12.1 Å². The summed E-state index contributed by atoms with van der Waals surface area (Å²) in [5.74, 6) is 0.117. The fourth-order valence-corrected chi connectivity index (χ4v) is 6.60. The highest BCUT2D eigenvalue weighted by molar-refractivity contribution is 7.90. The topological polar surface area (TPSA) is 58.6 Å². The van der Waals surface area contributed by atoms with Crippen molar-refractivity contribution in [1.29, 1.82) is 0 Å². The highest BCUT2D eigenvalue weighted by Gasteiger charge is 2.36. The molecule has 1 saturated carbocycles. The van der Waals surface area contributed by atoms with Crippen LogP contribution in [0.25, 0.3) is 0 Å². The molecule has 2 aliphatic carbocycles. The van der Waals surface area contributed by atoms with Gasteiger partial charge in [-0.05, 0) is 99.0 Å². The number of hydrogen-bond acceptors (Lipinski definition) is 4. The fraction of sp³-hybridized carbons (Fsp3) is 0.556. The summed E-state index contributed by atoms with van der Waals surface area (Å²) in [6.07, 6.45) is 0.811. The lowest BCUT2D eigenvalue weighted by Gasteiger charge is -2.35. The predicted molar refractivity (Wildman–Crippen MR) is 135 cm³/mol. The van der Waals surface area contributed by atoms with Crippen molar-refractivity contribution in [1.82, 2.24) is 9.62 Å². The molecule has 1 N–H and O–H groups in total. The number of fused-ring (bicyclic) bond motifs is 1. The number of benzene rings is 2. The van der Waals surface area contributed by atoms with Crippen LogP contribution in [0.15, 0.2) is 36.4 Å². The Hall–Kier alpha value is -2.17. The van der Waals surface area contributed by atoms with Gasteiger partial charge in [0.05, 0.1) is 17.9 Å². The Bertz CT molecular complexity index is 1190. The molecule has 1 saturated heterocycles. The van der Waals surface area contributed by atoms with Gasteiger partial charge < -0.3 is 9.64 Å². The molecule has 1 aliphatic heterocycles. The summed E-state index contributed by atoms with van der Waals surface area (Å²) in [6, 6.07) is 8.81. The van der Waals surface area contributed by atoms with Crippen molar-refractivity contribution in [3.63, 3.8) is 0 Å². The standard InChI is InChI=1S/C22H23F4NO.C5H11NO2S/c1-28-21-12-19-15(11-20(21)23)10-16(13-27-6-3-7-27)18(19)9-14-4-2-5-17(8-14)22(24,25)26;1-6-9(7,8)5-3-2-4-5/h2,4-5,8,11-12,16,18H,3,6-7,9-10,13H2,1H3;5-6H,2-4H2,1H3. The van der Waals surface area contributed by atoms with Crippen molar-refractivity contribution < 1.29 is 30.7 Å². The first-order valence-electron chi connectivity index (χ1n) is 12.7. The Balaban J connectivity index is 0.000000301. The predicted octanol–water partition coefficient (Wildman–Crippen LogP) is 5.15. The Morgan fingerprint density at radius 3 is 2.35 bits per heavy atom. The maximum absolute atomic E-state index is 14.2. The molecule has 2 aromatic rings. The van der Waals surface area contributed by atoms with Crippen molar-refractivity contribution in [2.75, 3.05) is 33.8 Å². The van der Waals surface area contributed by atoms with Gasteiger partial charge in [0.15, 0.2) is 11.6 Å². The van der Waals surface area contributed by atoms with Gasteiger partial charge in [0.2, 0.25) is 10.0 Å². The van der Waals surface area contributed by atoms with Crippen LogP contribution in [-0.4, -0.2) is 52.4 Å². The van der Waals surface area contributed by atoms with Gasteiger partial charge in [-0.3, -0.25) is 0 Å². The Kier molecular flexibility index (Phi) is 8.50. The first kappa shape index (κ1) is 27.9.